The van der Waals surface area contributed by atoms with Crippen LogP contribution in [-0.4, -0.2) is 116 Å². The topological polar surface area (TPSA) is 372 Å². The van der Waals surface area contributed by atoms with E-state index in [0.29, 0.717) is 12.8 Å². The molecule has 20 nitrogen and oxygen atoms in total. The van der Waals surface area contributed by atoms with Gasteiger partial charge in [-0.1, -0.05) is 0 Å². The molecule has 0 aliphatic heterocycles. The summed E-state index contributed by atoms with van der Waals surface area (Å²) < 4.78 is 0. The third-order valence-electron chi connectivity index (χ3n) is 4.72. The molecule has 0 amide bonds. The molecule has 228 valence electrons. The highest BCUT2D eigenvalue weighted by Gasteiger charge is 2.28. The number of carbonyl (C=O) groups is 6. The number of carboxylic acids is 6. The highest BCUT2D eigenvalue weighted by molar-refractivity contribution is 5.83. The Labute approximate surface area is 227 Å². The van der Waals surface area contributed by atoms with Crippen molar-refractivity contribution < 1.29 is 59.4 Å². The van der Waals surface area contributed by atoms with Gasteiger partial charge in [0.2, 0.25) is 0 Å². The predicted octanol–water partition coefficient (Wildman–Crippen LogP) is -3.56. The molecule has 0 bridgehead atoms. The second kappa shape index (κ2) is 20.3. The quantitative estimate of drug-likeness (QED) is 0.0376. The van der Waals surface area contributed by atoms with Gasteiger partial charge in [-0.25, -0.2) is 0 Å². The van der Waals surface area contributed by atoms with Crippen LogP contribution in [0.5, 0.6) is 0 Å². The number of aliphatic carboxylic acids is 6. The maximum absolute atomic E-state index is 11.0. The molecule has 0 aliphatic carbocycles. The minimum atomic E-state index is -1.48. The number of rotatable bonds is 20. The van der Waals surface area contributed by atoms with Gasteiger partial charge in [0, 0.05) is 13.1 Å². The van der Waals surface area contributed by atoms with E-state index in [2.05, 4.69) is 21.3 Å². The maximum atomic E-state index is 11.0. The van der Waals surface area contributed by atoms with E-state index in [1.807, 2.05) is 0 Å². The summed E-state index contributed by atoms with van der Waals surface area (Å²) in [6.07, 6.45) is -0.653. The summed E-state index contributed by atoms with van der Waals surface area (Å²) in [5.41, 5.74) is 10.1. The Bertz CT molecular complexity index is 844. The predicted molar refractivity (Wildman–Crippen MR) is 135 cm³/mol. The van der Waals surface area contributed by atoms with E-state index in [9.17, 15) is 28.8 Å². The van der Waals surface area contributed by atoms with Gasteiger partial charge in [-0.05, 0) is 25.7 Å². The Morgan fingerprint density at radius 2 is 0.825 bits per heavy atom. The van der Waals surface area contributed by atoms with Gasteiger partial charge in [0.1, 0.15) is 24.2 Å². The molecule has 0 saturated heterocycles. The number of hydrogen-bond donors (Lipinski definition) is 14. The number of guanidine groups is 2. The normalized spacial score (nSPS) is 13.2. The molecule has 0 spiro atoms. The van der Waals surface area contributed by atoms with Crippen molar-refractivity contribution in [2.24, 2.45) is 11.5 Å². The van der Waals surface area contributed by atoms with E-state index >= 15 is 0 Å². The highest BCUT2D eigenvalue weighted by Crippen LogP contribution is 2.03. The van der Waals surface area contributed by atoms with Crippen LogP contribution < -0.4 is 32.7 Å². The van der Waals surface area contributed by atoms with Gasteiger partial charge < -0.3 is 52.7 Å². The molecule has 16 N–H and O–H groups in total. The Balaban J connectivity index is 0. The number of nitrogens with one attached hydrogen (secondary N) is 6. The molecular formula is C20H36N8O12. The average Bonchev–Trinajstić information content (AvgIpc) is 2.80. The van der Waals surface area contributed by atoms with Crippen molar-refractivity contribution >= 4 is 47.7 Å². The van der Waals surface area contributed by atoms with Crippen LogP contribution in [0.25, 0.3) is 0 Å². The van der Waals surface area contributed by atoms with Crippen LogP contribution in [0, 0.1) is 10.8 Å². The SMILES string of the molecule is N=C(N)NCCC[C@H](NC(CC(=O)O)C(=O)O)C(=O)O.N=C(N)NCCC[C@H](NC(CC(=O)O)C(=O)O)C(=O)O. The summed E-state index contributed by atoms with van der Waals surface area (Å²) in [5.74, 6) is -8.59. The molecule has 0 fully saturated rings. The summed E-state index contributed by atoms with van der Waals surface area (Å²) in [5, 5.41) is 76.0. The van der Waals surface area contributed by atoms with Crippen molar-refractivity contribution in [2.75, 3.05) is 13.1 Å². The van der Waals surface area contributed by atoms with E-state index in [-0.39, 0.29) is 37.9 Å². The zero-order chi connectivity index (χ0) is 31.4. The maximum Gasteiger partial charge on any atom is 0.321 e. The number of hydrogen-bond acceptors (Lipinski definition) is 10. The van der Waals surface area contributed by atoms with Crippen LogP contribution in [0.15, 0.2) is 0 Å². The smallest absolute Gasteiger partial charge is 0.321 e. The summed E-state index contributed by atoms with van der Waals surface area (Å²) in [7, 11) is 0. The Hall–Kier alpha value is -4.72. The number of nitrogens with two attached hydrogens (primary N) is 2. The fourth-order valence-electron chi connectivity index (χ4n) is 2.88. The average molecular weight is 581 g/mol. The van der Waals surface area contributed by atoms with E-state index in [0.717, 1.165) is 0 Å². The molecule has 0 radical (unpaired) electrons. The van der Waals surface area contributed by atoms with Gasteiger partial charge in [-0.15, -0.1) is 0 Å². The second-order valence-corrected chi connectivity index (χ2v) is 8.06. The highest BCUT2D eigenvalue weighted by atomic mass is 16.4. The van der Waals surface area contributed by atoms with Gasteiger partial charge in [0.25, 0.3) is 0 Å². The van der Waals surface area contributed by atoms with Gasteiger partial charge in [-0.2, -0.15) is 0 Å². The molecule has 0 saturated carbocycles. The molecule has 0 aliphatic rings. The molecule has 4 atom stereocenters. The molecule has 0 aromatic heterocycles. The summed E-state index contributed by atoms with van der Waals surface area (Å²) in [6, 6.07) is -5.34. The Morgan fingerprint density at radius 3 is 1.02 bits per heavy atom. The van der Waals surface area contributed by atoms with E-state index in [4.69, 9.17) is 52.9 Å². The Kier molecular flexibility index (Phi) is 19.0. The molecule has 40 heavy (non-hydrogen) atoms. The van der Waals surface area contributed by atoms with Gasteiger partial charge in [0.15, 0.2) is 11.9 Å². The van der Waals surface area contributed by atoms with Crippen molar-refractivity contribution in [3.8, 4) is 0 Å². The van der Waals surface area contributed by atoms with Gasteiger partial charge >= 0.3 is 35.8 Å². The Morgan fingerprint density at radius 1 is 0.550 bits per heavy atom. The number of carboxylic acid groups (broad SMARTS) is 6. The van der Waals surface area contributed by atoms with E-state index < -0.39 is 72.8 Å². The summed E-state index contributed by atoms with van der Waals surface area (Å²) in [6.45, 7) is 0.523. The first kappa shape index (κ1) is 37.4. The van der Waals surface area contributed by atoms with Crippen LogP contribution in [-0.2, 0) is 28.8 Å². The van der Waals surface area contributed by atoms with Crippen molar-refractivity contribution in [1.29, 1.82) is 10.8 Å². The van der Waals surface area contributed by atoms with Crippen LogP contribution in [0.4, 0.5) is 0 Å². The lowest BCUT2D eigenvalue weighted by Gasteiger charge is -2.19. The van der Waals surface area contributed by atoms with Crippen LogP contribution >= 0.6 is 0 Å². The molecule has 20 heteroatoms. The molecule has 0 heterocycles. The van der Waals surface area contributed by atoms with Crippen LogP contribution in [0.2, 0.25) is 0 Å². The molecule has 0 rings (SSSR count). The zero-order valence-electron chi connectivity index (χ0n) is 21.3. The minimum absolute atomic E-state index is 0.0685. The fraction of sp³-hybridized carbons (Fsp3) is 0.600. The largest absolute Gasteiger partial charge is 0.481 e. The van der Waals surface area contributed by atoms with Crippen molar-refractivity contribution in [2.45, 2.75) is 62.7 Å². The van der Waals surface area contributed by atoms with Gasteiger partial charge in [0.05, 0.1) is 12.8 Å². The van der Waals surface area contributed by atoms with Crippen molar-refractivity contribution in [1.82, 2.24) is 21.3 Å². The molecule has 0 aromatic rings. The molecule has 2 unspecified atom stereocenters. The lowest BCUT2D eigenvalue weighted by atomic mass is 10.1. The third kappa shape index (κ3) is 20.4. The lowest BCUT2D eigenvalue weighted by Crippen LogP contribution is -2.48. The van der Waals surface area contributed by atoms with Crippen molar-refractivity contribution in [3.05, 3.63) is 0 Å². The second-order valence-electron chi connectivity index (χ2n) is 8.06. The van der Waals surface area contributed by atoms with Crippen LogP contribution in [0.1, 0.15) is 38.5 Å². The fourth-order valence-corrected chi connectivity index (χ4v) is 2.88. The monoisotopic (exact) mass is 580 g/mol. The van der Waals surface area contributed by atoms with Gasteiger partial charge in [-0.3, -0.25) is 50.2 Å². The first-order valence-electron chi connectivity index (χ1n) is 11.5. The van der Waals surface area contributed by atoms with Crippen LogP contribution in [0.3, 0.4) is 0 Å². The first-order valence-corrected chi connectivity index (χ1v) is 11.5. The minimum Gasteiger partial charge on any atom is -0.481 e. The van der Waals surface area contributed by atoms with E-state index in [1.165, 1.54) is 0 Å². The standard InChI is InChI=1S/2C10H18N4O6/c2*11-10(12)13-3-1-2-5(8(17)18)14-6(9(19)20)4-7(15)16/h2*5-6,14H,1-4H2,(H,15,16)(H,17,18)(H,19,20)(H4,11,12,13)/t2*5-,6?/m00/s1. The summed E-state index contributed by atoms with van der Waals surface area (Å²) in [4.78, 5) is 64.6. The molecule has 0 aromatic carbocycles. The lowest BCUT2D eigenvalue weighted by molar-refractivity contribution is -0.148. The zero-order valence-corrected chi connectivity index (χ0v) is 21.3. The third-order valence-corrected chi connectivity index (χ3v) is 4.72. The van der Waals surface area contributed by atoms with E-state index in [1.54, 1.807) is 0 Å². The molecular weight excluding hydrogens is 544 g/mol. The van der Waals surface area contributed by atoms with Crippen molar-refractivity contribution in [3.63, 3.8) is 0 Å². The first-order chi connectivity index (χ1) is 18.5. The summed E-state index contributed by atoms with van der Waals surface area (Å²) >= 11 is 0.